The highest BCUT2D eigenvalue weighted by Gasteiger charge is 2.22. The van der Waals surface area contributed by atoms with Crippen LogP contribution in [0.3, 0.4) is 0 Å². The average molecular weight is 281 g/mol. The van der Waals surface area contributed by atoms with Gasteiger partial charge in [0.2, 0.25) is 0 Å². The van der Waals surface area contributed by atoms with Gasteiger partial charge in [0.1, 0.15) is 0 Å². The van der Waals surface area contributed by atoms with Crippen molar-refractivity contribution in [1.82, 2.24) is 9.88 Å². The van der Waals surface area contributed by atoms with Crippen LogP contribution in [0.25, 0.3) is 0 Å². The monoisotopic (exact) mass is 281 g/mol. The van der Waals surface area contributed by atoms with Crippen LogP contribution in [0.2, 0.25) is 0 Å². The number of hydrogen-bond donors (Lipinski definition) is 1. The fourth-order valence-corrected chi connectivity index (χ4v) is 2.48. The molecule has 0 aromatic carbocycles. The lowest BCUT2D eigenvalue weighted by Crippen LogP contribution is -2.38. The number of aromatic nitrogens is 1. The third kappa shape index (κ3) is 3.64. The molecule has 1 aromatic rings. The van der Waals surface area contributed by atoms with E-state index in [0.29, 0.717) is 18.2 Å². The van der Waals surface area contributed by atoms with Crippen LogP contribution < -0.4 is 0 Å². The Hall–Kier alpha value is -1.73. The molecule has 1 aromatic heterocycles. The number of carbonyl (C=O) groups excluding carboxylic acids is 1. The molecule has 0 atom stereocenters. The third-order valence-electron chi connectivity index (χ3n) is 3.66. The minimum atomic E-state index is -0.510. The zero-order valence-electron chi connectivity index (χ0n) is 11.5. The molecule has 0 spiro atoms. The summed E-state index contributed by atoms with van der Waals surface area (Å²) in [5.74, 6) is 0.459. The molecule has 1 saturated heterocycles. The van der Waals surface area contributed by atoms with Gasteiger partial charge in [0.25, 0.3) is 5.69 Å². The topological polar surface area (TPSA) is 88.5 Å². The van der Waals surface area contributed by atoms with Crippen LogP contribution in [-0.2, 0) is 4.74 Å². The van der Waals surface area contributed by atoms with Gasteiger partial charge < -0.3 is 9.72 Å². The molecule has 2 rings (SSSR count). The summed E-state index contributed by atoms with van der Waals surface area (Å²) >= 11 is 0. The van der Waals surface area contributed by atoms with Crippen LogP contribution in [0.15, 0.2) is 12.3 Å². The quantitative estimate of drug-likeness (QED) is 0.484. The molecule has 1 aliphatic heterocycles. The van der Waals surface area contributed by atoms with Gasteiger partial charge in [0, 0.05) is 19.8 Å². The lowest BCUT2D eigenvalue weighted by molar-refractivity contribution is -0.384. The van der Waals surface area contributed by atoms with Gasteiger partial charge in [-0.3, -0.25) is 19.8 Å². The summed E-state index contributed by atoms with van der Waals surface area (Å²) in [5.41, 5.74) is 0.225. The number of hydrogen-bond acceptors (Lipinski definition) is 5. The fraction of sp³-hybridized carbons (Fsp3) is 0.615. The van der Waals surface area contributed by atoms with Crippen LogP contribution >= 0.6 is 0 Å². The van der Waals surface area contributed by atoms with E-state index in [2.05, 4.69) is 9.88 Å². The summed E-state index contributed by atoms with van der Waals surface area (Å²) in [5, 5.41) is 10.6. The number of likely N-dealkylation sites (tertiary alicyclic amines) is 1. The van der Waals surface area contributed by atoms with Crippen molar-refractivity contribution >= 4 is 11.5 Å². The summed E-state index contributed by atoms with van der Waals surface area (Å²) < 4.78 is 5.14. The van der Waals surface area contributed by atoms with Crippen LogP contribution in [0.4, 0.5) is 5.69 Å². The second kappa shape index (κ2) is 6.62. The summed E-state index contributed by atoms with van der Waals surface area (Å²) in [4.78, 5) is 26.9. The highest BCUT2D eigenvalue weighted by molar-refractivity contribution is 5.96. The normalized spacial score (nSPS) is 17.2. The first-order valence-electron chi connectivity index (χ1n) is 6.67. The number of ether oxygens (including phenoxy) is 1. The molecule has 0 unspecified atom stereocenters. The van der Waals surface area contributed by atoms with Gasteiger partial charge in [-0.1, -0.05) is 0 Å². The first-order valence-corrected chi connectivity index (χ1v) is 6.67. The van der Waals surface area contributed by atoms with Gasteiger partial charge in [-0.05, 0) is 31.8 Å². The van der Waals surface area contributed by atoms with E-state index >= 15 is 0 Å². The zero-order chi connectivity index (χ0) is 14.5. The number of aromatic amines is 1. The number of nitrogens with zero attached hydrogens (tertiary/aromatic N) is 2. The molecule has 0 saturated carbocycles. The van der Waals surface area contributed by atoms with Gasteiger partial charge in [-0.25, -0.2) is 0 Å². The van der Waals surface area contributed by atoms with Crippen molar-refractivity contribution in [2.45, 2.75) is 12.8 Å². The van der Waals surface area contributed by atoms with Gasteiger partial charge in [0.05, 0.1) is 23.4 Å². The standard InChI is InChI=1S/C13H19N3O4/c1-20-9-10-2-4-15(5-3-10)8-13(17)12-6-11(7-14-12)16(18)19/h6-7,10,14H,2-5,8-9H2,1H3. The third-order valence-corrected chi connectivity index (χ3v) is 3.66. The van der Waals surface area contributed by atoms with Crippen molar-refractivity contribution in [3.05, 3.63) is 28.1 Å². The predicted octanol–water partition coefficient (Wildman–Crippen LogP) is 1.46. The van der Waals surface area contributed by atoms with E-state index in [4.69, 9.17) is 4.74 Å². The number of rotatable bonds is 6. The second-order valence-corrected chi connectivity index (χ2v) is 5.13. The van der Waals surface area contributed by atoms with Crippen LogP contribution in [0, 0.1) is 16.0 Å². The first-order chi connectivity index (χ1) is 9.60. The Morgan fingerprint density at radius 3 is 2.80 bits per heavy atom. The molecule has 0 radical (unpaired) electrons. The minimum Gasteiger partial charge on any atom is -0.384 e. The lowest BCUT2D eigenvalue weighted by atomic mass is 9.97. The maximum atomic E-state index is 12.0. The Morgan fingerprint density at radius 1 is 1.55 bits per heavy atom. The van der Waals surface area contributed by atoms with Crippen molar-refractivity contribution in [2.24, 2.45) is 5.92 Å². The number of H-pyrrole nitrogens is 1. The van der Waals surface area contributed by atoms with Crippen molar-refractivity contribution < 1.29 is 14.5 Å². The molecule has 7 nitrogen and oxygen atoms in total. The second-order valence-electron chi connectivity index (χ2n) is 5.13. The van der Waals surface area contributed by atoms with Crippen molar-refractivity contribution in [2.75, 3.05) is 33.4 Å². The largest absolute Gasteiger partial charge is 0.384 e. The molecule has 7 heteroatoms. The van der Waals surface area contributed by atoms with Gasteiger partial charge >= 0.3 is 0 Å². The highest BCUT2D eigenvalue weighted by atomic mass is 16.6. The van der Waals surface area contributed by atoms with Crippen molar-refractivity contribution in [3.8, 4) is 0 Å². The predicted molar refractivity (Wildman–Crippen MR) is 72.8 cm³/mol. The molecular formula is C13H19N3O4. The molecular weight excluding hydrogens is 262 g/mol. The number of methoxy groups -OCH3 is 1. The van der Waals surface area contributed by atoms with Crippen molar-refractivity contribution in [3.63, 3.8) is 0 Å². The van der Waals surface area contributed by atoms with E-state index in [1.165, 1.54) is 12.3 Å². The SMILES string of the molecule is COCC1CCN(CC(=O)c2cc([N+](=O)[O-])c[nH]2)CC1. The number of nitrogens with one attached hydrogen (secondary N) is 1. The molecule has 20 heavy (non-hydrogen) atoms. The number of Topliss-reactive ketones (excluding diaryl/α,β-unsaturated/α-hetero) is 1. The van der Waals surface area contributed by atoms with Gasteiger partial charge in [0.15, 0.2) is 5.78 Å². The van der Waals surface area contributed by atoms with Crippen LogP contribution in [-0.4, -0.2) is 53.9 Å². The van der Waals surface area contributed by atoms with Crippen molar-refractivity contribution in [1.29, 1.82) is 0 Å². The Kier molecular flexibility index (Phi) is 4.86. The highest BCUT2D eigenvalue weighted by Crippen LogP contribution is 2.18. The van der Waals surface area contributed by atoms with E-state index in [0.717, 1.165) is 32.5 Å². The summed E-state index contributed by atoms with van der Waals surface area (Å²) in [6.07, 6.45) is 3.29. The number of piperidine rings is 1. The van der Waals surface area contributed by atoms with Gasteiger partial charge in [-0.2, -0.15) is 0 Å². The zero-order valence-corrected chi connectivity index (χ0v) is 11.5. The average Bonchev–Trinajstić information content (AvgIpc) is 2.91. The fourth-order valence-electron chi connectivity index (χ4n) is 2.48. The Bertz CT molecular complexity index is 478. The summed E-state index contributed by atoms with van der Waals surface area (Å²) in [7, 11) is 1.70. The molecule has 1 N–H and O–H groups in total. The summed E-state index contributed by atoms with van der Waals surface area (Å²) in [6, 6.07) is 1.29. The molecule has 2 heterocycles. The Morgan fingerprint density at radius 2 is 2.25 bits per heavy atom. The van der Waals surface area contributed by atoms with E-state index in [-0.39, 0.29) is 11.5 Å². The van der Waals surface area contributed by atoms with E-state index in [1.54, 1.807) is 7.11 Å². The molecule has 110 valence electrons. The van der Waals surface area contributed by atoms with Gasteiger partial charge in [-0.15, -0.1) is 0 Å². The lowest BCUT2D eigenvalue weighted by Gasteiger charge is -2.30. The maximum absolute atomic E-state index is 12.0. The van der Waals surface area contributed by atoms with Crippen LogP contribution in [0.5, 0.6) is 0 Å². The maximum Gasteiger partial charge on any atom is 0.287 e. The summed E-state index contributed by atoms with van der Waals surface area (Å²) in [6.45, 7) is 2.80. The smallest absolute Gasteiger partial charge is 0.287 e. The van der Waals surface area contributed by atoms with Crippen LogP contribution in [0.1, 0.15) is 23.3 Å². The van der Waals surface area contributed by atoms with E-state index < -0.39 is 4.92 Å². The Labute approximate surface area is 117 Å². The minimum absolute atomic E-state index is 0.0767. The number of carbonyl (C=O) groups is 1. The molecule has 0 bridgehead atoms. The number of nitro groups is 1. The number of ketones is 1. The molecule has 1 aliphatic rings. The first kappa shape index (κ1) is 14.7. The molecule has 1 fully saturated rings. The Balaban J connectivity index is 1.84. The van der Waals surface area contributed by atoms with E-state index in [1.807, 2.05) is 0 Å². The molecule has 0 amide bonds. The van der Waals surface area contributed by atoms with E-state index in [9.17, 15) is 14.9 Å². The molecule has 0 aliphatic carbocycles.